The van der Waals surface area contributed by atoms with Crippen molar-refractivity contribution in [1.29, 1.82) is 0 Å². The van der Waals surface area contributed by atoms with Gasteiger partial charge in [0.15, 0.2) is 15.3 Å². The second-order valence-electron chi connectivity index (χ2n) is 10.3. The van der Waals surface area contributed by atoms with Crippen LogP contribution in [0.25, 0.3) is 15.9 Å². The van der Waals surface area contributed by atoms with Gasteiger partial charge in [0.25, 0.3) is 0 Å². The highest BCUT2D eigenvalue weighted by Crippen LogP contribution is 2.32. The van der Waals surface area contributed by atoms with Crippen LogP contribution in [0.15, 0.2) is 107 Å². The predicted octanol–water partition coefficient (Wildman–Crippen LogP) is 7.53. The standard InChI is InChI=1S/C34H30N6O3S3/c1-22-10-9-11-23(2)32(22)37-31(42)21-45-34-36-27-17-16-24(18-28(27)46-34)35-30(41)20-44-33-39-38-29(19-43-26-14-7-4-8-15-26)40(33)25-12-5-3-6-13-25/h3-18H,19-21H2,1-2H3,(H,35,41)(H,37,42). The number of hydrogen-bond acceptors (Lipinski definition) is 9. The molecule has 0 spiro atoms. The molecule has 0 aliphatic carbocycles. The SMILES string of the molecule is Cc1cccc(C)c1NC(=O)CSc1nc2ccc(NC(=O)CSc3nnc(COc4ccccc4)n3-c3ccccc3)cc2s1. The van der Waals surface area contributed by atoms with Crippen molar-refractivity contribution in [2.24, 2.45) is 0 Å². The summed E-state index contributed by atoms with van der Waals surface area (Å²) in [7, 11) is 0. The number of thiazole rings is 1. The first-order valence-corrected chi connectivity index (χ1v) is 17.2. The molecule has 9 nitrogen and oxygen atoms in total. The number of fused-ring (bicyclic) bond motifs is 1. The van der Waals surface area contributed by atoms with Gasteiger partial charge in [-0.25, -0.2) is 4.98 Å². The van der Waals surface area contributed by atoms with Crippen LogP contribution in [-0.2, 0) is 16.2 Å². The summed E-state index contributed by atoms with van der Waals surface area (Å²) in [6.45, 7) is 4.19. The smallest absolute Gasteiger partial charge is 0.234 e. The Balaban J connectivity index is 1.06. The minimum absolute atomic E-state index is 0.0777. The quantitative estimate of drug-likeness (QED) is 0.129. The summed E-state index contributed by atoms with van der Waals surface area (Å²) >= 11 is 4.19. The number of anilines is 2. The molecule has 0 radical (unpaired) electrons. The van der Waals surface area contributed by atoms with Gasteiger partial charge < -0.3 is 15.4 Å². The molecule has 6 rings (SSSR count). The van der Waals surface area contributed by atoms with Crippen molar-refractivity contribution in [3.05, 3.63) is 114 Å². The van der Waals surface area contributed by atoms with E-state index in [0.717, 1.165) is 42.8 Å². The summed E-state index contributed by atoms with van der Waals surface area (Å²) in [5.41, 5.74) is 5.29. The first kappa shape index (κ1) is 31.3. The van der Waals surface area contributed by atoms with Gasteiger partial charge >= 0.3 is 0 Å². The van der Waals surface area contributed by atoms with Crippen molar-refractivity contribution in [1.82, 2.24) is 19.7 Å². The molecule has 0 atom stereocenters. The molecule has 0 aliphatic rings. The highest BCUT2D eigenvalue weighted by atomic mass is 32.2. The number of carbonyl (C=O) groups excluding carboxylic acids is 2. The number of para-hydroxylation sites is 3. The molecule has 232 valence electrons. The number of thioether (sulfide) groups is 2. The molecule has 2 amide bonds. The van der Waals surface area contributed by atoms with E-state index < -0.39 is 0 Å². The third-order valence-corrected chi connectivity index (χ3v) is 9.97. The molecule has 2 N–H and O–H groups in total. The Hall–Kier alpha value is -4.65. The fraction of sp³-hybridized carbons (Fsp3) is 0.147. The van der Waals surface area contributed by atoms with Crippen LogP contribution in [0.2, 0.25) is 0 Å². The predicted molar refractivity (Wildman–Crippen MR) is 186 cm³/mol. The second-order valence-corrected chi connectivity index (χ2v) is 13.5. The lowest BCUT2D eigenvalue weighted by atomic mass is 10.1. The number of nitrogens with one attached hydrogen (secondary N) is 2. The molecule has 4 aromatic carbocycles. The fourth-order valence-electron chi connectivity index (χ4n) is 4.67. The van der Waals surface area contributed by atoms with Gasteiger partial charge in [-0.15, -0.1) is 21.5 Å². The summed E-state index contributed by atoms with van der Waals surface area (Å²) in [5, 5.41) is 15.3. The van der Waals surface area contributed by atoms with Gasteiger partial charge in [0.05, 0.1) is 21.7 Å². The third kappa shape index (κ3) is 7.76. The summed E-state index contributed by atoms with van der Waals surface area (Å²) < 4.78 is 9.56. The molecule has 2 aromatic heterocycles. The Morgan fingerprint density at radius 2 is 1.50 bits per heavy atom. The second kappa shape index (κ2) is 14.6. The van der Waals surface area contributed by atoms with E-state index in [0.29, 0.717) is 16.7 Å². The van der Waals surface area contributed by atoms with Gasteiger partial charge in [0.2, 0.25) is 11.8 Å². The Morgan fingerprint density at radius 1 is 0.804 bits per heavy atom. The van der Waals surface area contributed by atoms with E-state index in [4.69, 9.17) is 4.74 Å². The van der Waals surface area contributed by atoms with Crippen LogP contribution in [0.1, 0.15) is 17.0 Å². The summed E-state index contributed by atoms with van der Waals surface area (Å²) in [4.78, 5) is 30.3. The van der Waals surface area contributed by atoms with E-state index in [9.17, 15) is 9.59 Å². The average molecular weight is 667 g/mol. The Bertz CT molecular complexity index is 1960. The highest BCUT2D eigenvalue weighted by Gasteiger charge is 2.17. The fourth-order valence-corrected chi connectivity index (χ4v) is 7.35. The number of carbonyl (C=O) groups is 2. The van der Waals surface area contributed by atoms with Gasteiger partial charge in [-0.3, -0.25) is 14.2 Å². The molecule has 6 aromatic rings. The minimum Gasteiger partial charge on any atom is -0.486 e. The van der Waals surface area contributed by atoms with Crippen LogP contribution in [0.4, 0.5) is 11.4 Å². The number of aromatic nitrogens is 4. The third-order valence-electron chi connectivity index (χ3n) is 6.88. The molecule has 0 unspecified atom stereocenters. The van der Waals surface area contributed by atoms with E-state index >= 15 is 0 Å². The Labute approximate surface area is 278 Å². The van der Waals surface area contributed by atoms with E-state index in [1.807, 2.05) is 115 Å². The number of benzene rings is 4. The van der Waals surface area contributed by atoms with Crippen LogP contribution in [-0.4, -0.2) is 43.1 Å². The van der Waals surface area contributed by atoms with Crippen molar-refractivity contribution in [3.8, 4) is 11.4 Å². The number of ether oxygens (including phenoxy) is 1. The molecule has 0 fully saturated rings. The molecule has 0 aliphatic heterocycles. The van der Waals surface area contributed by atoms with Crippen LogP contribution in [0.5, 0.6) is 5.75 Å². The summed E-state index contributed by atoms with van der Waals surface area (Å²) in [5.74, 6) is 1.51. The van der Waals surface area contributed by atoms with E-state index in [1.165, 1.54) is 34.9 Å². The minimum atomic E-state index is -0.170. The Kier molecular flexibility index (Phi) is 9.97. The summed E-state index contributed by atoms with van der Waals surface area (Å²) in [6.07, 6.45) is 0. The average Bonchev–Trinajstić information content (AvgIpc) is 3.68. The van der Waals surface area contributed by atoms with Crippen LogP contribution in [0, 0.1) is 13.8 Å². The first-order valence-electron chi connectivity index (χ1n) is 14.4. The maximum atomic E-state index is 13.0. The lowest BCUT2D eigenvalue weighted by Gasteiger charge is -2.11. The lowest BCUT2D eigenvalue weighted by Crippen LogP contribution is -2.15. The van der Waals surface area contributed by atoms with Crippen LogP contribution < -0.4 is 15.4 Å². The highest BCUT2D eigenvalue weighted by molar-refractivity contribution is 8.01. The van der Waals surface area contributed by atoms with Gasteiger partial charge in [-0.1, -0.05) is 78.1 Å². The molecule has 12 heteroatoms. The van der Waals surface area contributed by atoms with Gasteiger partial charge in [0, 0.05) is 17.1 Å². The van der Waals surface area contributed by atoms with Crippen molar-refractivity contribution >= 4 is 68.3 Å². The molecule has 0 bridgehead atoms. The molecule has 0 saturated heterocycles. The van der Waals surface area contributed by atoms with Crippen LogP contribution in [0.3, 0.4) is 0 Å². The largest absolute Gasteiger partial charge is 0.486 e. The maximum absolute atomic E-state index is 13.0. The van der Waals surface area contributed by atoms with Crippen LogP contribution >= 0.6 is 34.9 Å². The summed E-state index contributed by atoms with van der Waals surface area (Å²) in [6, 6.07) is 30.9. The zero-order chi connectivity index (χ0) is 31.9. The van der Waals surface area contributed by atoms with Crippen molar-refractivity contribution in [2.75, 3.05) is 22.1 Å². The number of nitrogens with zero attached hydrogens (tertiary/aromatic N) is 4. The van der Waals surface area contributed by atoms with Gasteiger partial charge in [-0.2, -0.15) is 0 Å². The zero-order valence-corrected chi connectivity index (χ0v) is 27.5. The van der Waals surface area contributed by atoms with Crippen molar-refractivity contribution < 1.29 is 14.3 Å². The Morgan fingerprint density at radius 3 is 2.26 bits per heavy atom. The monoisotopic (exact) mass is 666 g/mol. The maximum Gasteiger partial charge on any atom is 0.234 e. The normalized spacial score (nSPS) is 11.0. The zero-order valence-electron chi connectivity index (χ0n) is 25.1. The number of rotatable bonds is 12. The van der Waals surface area contributed by atoms with E-state index in [2.05, 4.69) is 25.8 Å². The molecular weight excluding hydrogens is 637 g/mol. The van der Waals surface area contributed by atoms with E-state index in [1.54, 1.807) is 0 Å². The van der Waals surface area contributed by atoms with E-state index in [-0.39, 0.29) is 29.9 Å². The molecular formula is C34H30N6O3S3. The number of aryl methyl sites for hydroxylation is 2. The molecule has 0 saturated carbocycles. The number of hydrogen-bond donors (Lipinski definition) is 2. The van der Waals surface area contributed by atoms with Gasteiger partial charge in [0.1, 0.15) is 12.4 Å². The topological polar surface area (TPSA) is 111 Å². The number of amides is 2. The molecule has 2 heterocycles. The first-order chi connectivity index (χ1) is 22.4. The van der Waals surface area contributed by atoms with Crippen molar-refractivity contribution in [3.63, 3.8) is 0 Å². The van der Waals surface area contributed by atoms with Gasteiger partial charge in [-0.05, 0) is 67.4 Å². The lowest BCUT2D eigenvalue weighted by molar-refractivity contribution is -0.114. The molecule has 46 heavy (non-hydrogen) atoms. The van der Waals surface area contributed by atoms with Crippen molar-refractivity contribution in [2.45, 2.75) is 30.0 Å².